The fourth-order valence-corrected chi connectivity index (χ4v) is 2.45. The van der Waals surface area contributed by atoms with Crippen LogP contribution in [0.15, 0.2) is 23.1 Å². The molecule has 1 aromatic carbocycles. The van der Waals surface area contributed by atoms with Crippen LogP contribution in [0.4, 0.5) is 5.69 Å². The van der Waals surface area contributed by atoms with Gasteiger partial charge in [0.05, 0.1) is 10.8 Å². The summed E-state index contributed by atoms with van der Waals surface area (Å²) in [5.41, 5.74) is 7.40. The van der Waals surface area contributed by atoms with E-state index < -0.39 is 10.8 Å². The number of anilines is 1. The van der Waals surface area contributed by atoms with Crippen LogP contribution in [0.25, 0.3) is 0 Å². The maximum Gasteiger partial charge on any atom is 0.0532 e. The molecule has 1 unspecified atom stereocenters. The zero-order valence-electron chi connectivity index (χ0n) is 8.04. The predicted molar refractivity (Wildman–Crippen MR) is 57.2 cm³/mol. The molecule has 3 heteroatoms. The molecule has 0 heterocycles. The summed E-state index contributed by atoms with van der Waals surface area (Å²) < 4.78 is 11.7. The van der Waals surface area contributed by atoms with Gasteiger partial charge in [0.15, 0.2) is 0 Å². The van der Waals surface area contributed by atoms with E-state index in [0.29, 0.717) is 5.75 Å². The van der Waals surface area contributed by atoms with Gasteiger partial charge in [0, 0.05) is 16.3 Å². The molecule has 1 atom stereocenters. The lowest BCUT2D eigenvalue weighted by Gasteiger charge is -2.06. The average molecular weight is 197 g/mol. The van der Waals surface area contributed by atoms with Crippen molar-refractivity contribution < 1.29 is 4.21 Å². The summed E-state index contributed by atoms with van der Waals surface area (Å²) in [6, 6.07) is 5.57. The van der Waals surface area contributed by atoms with Gasteiger partial charge >= 0.3 is 0 Å². The van der Waals surface area contributed by atoms with Crippen LogP contribution in [0, 0.1) is 6.92 Å². The Labute approximate surface area is 81.6 Å². The summed E-state index contributed by atoms with van der Waals surface area (Å²) in [5.74, 6) is 0.713. The summed E-state index contributed by atoms with van der Waals surface area (Å²) in [6.45, 7) is 3.94. The summed E-state index contributed by atoms with van der Waals surface area (Å²) in [4.78, 5) is 0.877. The molecule has 72 valence electrons. The van der Waals surface area contributed by atoms with Crippen LogP contribution in [0.5, 0.6) is 0 Å². The minimum Gasteiger partial charge on any atom is -0.398 e. The fraction of sp³-hybridized carbons (Fsp3) is 0.400. The SMILES string of the molecule is CCCS(=O)c1cccc(N)c1C. The van der Waals surface area contributed by atoms with Crippen LogP contribution in [0.3, 0.4) is 0 Å². The van der Waals surface area contributed by atoms with Crippen LogP contribution < -0.4 is 5.73 Å². The molecule has 0 amide bonds. The van der Waals surface area contributed by atoms with Crippen molar-refractivity contribution in [1.29, 1.82) is 0 Å². The molecule has 0 fully saturated rings. The third-order valence-corrected chi connectivity index (χ3v) is 3.67. The topological polar surface area (TPSA) is 43.1 Å². The van der Waals surface area contributed by atoms with E-state index in [4.69, 9.17) is 5.73 Å². The molecule has 0 saturated heterocycles. The monoisotopic (exact) mass is 197 g/mol. The van der Waals surface area contributed by atoms with E-state index in [1.54, 1.807) is 0 Å². The molecule has 2 N–H and O–H groups in total. The van der Waals surface area contributed by atoms with Gasteiger partial charge in [-0.25, -0.2) is 0 Å². The molecule has 0 spiro atoms. The number of benzene rings is 1. The summed E-state index contributed by atoms with van der Waals surface area (Å²) in [5, 5.41) is 0. The quantitative estimate of drug-likeness (QED) is 0.754. The van der Waals surface area contributed by atoms with Crippen molar-refractivity contribution in [2.75, 3.05) is 11.5 Å². The molecular formula is C10H15NOS. The van der Waals surface area contributed by atoms with Crippen molar-refractivity contribution >= 4 is 16.5 Å². The zero-order chi connectivity index (χ0) is 9.84. The van der Waals surface area contributed by atoms with E-state index >= 15 is 0 Å². The lowest BCUT2D eigenvalue weighted by molar-refractivity contribution is 0.681. The largest absolute Gasteiger partial charge is 0.398 e. The van der Waals surface area contributed by atoms with Crippen molar-refractivity contribution in [2.45, 2.75) is 25.2 Å². The van der Waals surface area contributed by atoms with Gasteiger partial charge in [0.1, 0.15) is 0 Å². The first-order valence-corrected chi connectivity index (χ1v) is 5.72. The molecule has 1 aromatic rings. The average Bonchev–Trinajstić information content (AvgIpc) is 2.10. The molecule has 1 rings (SSSR count). The van der Waals surface area contributed by atoms with Gasteiger partial charge in [-0.3, -0.25) is 4.21 Å². The van der Waals surface area contributed by atoms with Gasteiger partial charge in [0.25, 0.3) is 0 Å². The third kappa shape index (κ3) is 2.31. The summed E-state index contributed by atoms with van der Waals surface area (Å²) in [6.07, 6.45) is 0.931. The van der Waals surface area contributed by atoms with Crippen molar-refractivity contribution in [3.8, 4) is 0 Å². The third-order valence-electron chi connectivity index (χ3n) is 1.96. The van der Waals surface area contributed by atoms with Gasteiger partial charge in [-0.05, 0) is 31.0 Å². The minimum atomic E-state index is -0.885. The zero-order valence-corrected chi connectivity index (χ0v) is 8.86. The standard InChI is InChI=1S/C10H15NOS/c1-3-7-13(12)10-6-4-5-9(11)8(10)2/h4-6H,3,7,11H2,1-2H3. The molecule has 0 saturated carbocycles. The van der Waals surface area contributed by atoms with Gasteiger partial charge in [0.2, 0.25) is 0 Å². The van der Waals surface area contributed by atoms with Crippen LogP contribution in [0.1, 0.15) is 18.9 Å². The van der Waals surface area contributed by atoms with Gasteiger partial charge in [-0.1, -0.05) is 13.0 Å². The van der Waals surface area contributed by atoms with Crippen molar-refractivity contribution in [3.63, 3.8) is 0 Å². The second kappa shape index (κ2) is 4.42. The highest BCUT2D eigenvalue weighted by molar-refractivity contribution is 7.85. The highest BCUT2D eigenvalue weighted by Gasteiger charge is 2.07. The summed E-state index contributed by atoms with van der Waals surface area (Å²) in [7, 11) is -0.885. The van der Waals surface area contributed by atoms with E-state index in [1.165, 1.54) is 0 Å². The van der Waals surface area contributed by atoms with E-state index in [2.05, 4.69) is 0 Å². The first kappa shape index (κ1) is 10.3. The Bertz CT molecular complexity index is 323. The highest BCUT2D eigenvalue weighted by atomic mass is 32.2. The Morgan fingerprint density at radius 2 is 2.15 bits per heavy atom. The minimum absolute atomic E-state index is 0.713. The highest BCUT2D eigenvalue weighted by Crippen LogP contribution is 2.19. The Kier molecular flexibility index (Phi) is 3.48. The Hall–Kier alpha value is -0.830. The molecule has 0 aliphatic heterocycles. The van der Waals surface area contributed by atoms with Crippen LogP contribution >= 0.6 is 0 Å². The predicted octanol–water partition coefficient (Wildman–Crippen LogP) is 2.09. The maximum absolute atomic E-state index is 11.7. The van der Waals surface area contributed by atoms with Crippen LogP contribution in [-0.4, -0.2) is 9.96 Å². The summed E-state index contributed by atoms with van der Waals surface area (Å²) >= 11 is 0. The van der Waals surface area contributed by atoms with Gasteiger partial charge in [-0.15, -0.1) is 0 Å². The maximum atomic E-state index is 11.7. The number of rotatable bonds is 3. The second-order valence-corrected chi connectivity index (χ2v) is 4.56. The van der Waals surface area contributed by atoms with Crippen LogP contribution in [-0.2, 0) is 10.8 Å². The molecule has 0 aliphatic carbocycles. The van der Waals surface area contributed by atoms with Gasteiger partial charge < -0.3 is 5.73 Å². The van der Waals surface area contributed by atoms with E-state index in [1.807, 2.05) is 32.0 Å². The van der Waals surface area contributed by atoms with Crippen molar-refractivity contribution in [1.82, 2.24) is 0 Å². The number of hydrogen-bond acceptors (Lipinski definition) is 2. The molecule has 13 heavy (non-hydrogen) atoms. The van der Waals surface area contributed by atoms with Gasteiger partial charge in [-0.2, -0.15) is 0 Å². The first-order chi connectivity index (χ1) is 6.16. The molecule has 0 radical (unpaired) electrons. The second-order valence-electron chi connectivity index (χ2n) is 3.02. The van der Waals surface area contributed by atoms with E-state index in [-0.39, 0.29) is 0 Å². The molecule has 0 aromatic heterocycles. The Balaban J connectivity index is 3.01. The lowest BCUT2D eigenvalue weighted by Crippen LogP contribution is -2.01. The van der Waals surface area contributed by atoms with E-state index in [0.717, 1.165) is 22.6 Å². The van der Waals surface area contributed by atoms with E-state index in [9.17, 15) is 4.21 Å². The number of nitrogen functional groups attached to an aromatic ring is 1. The fourth-order valence-electron chi connectivity index (χ4n) is 1.17. The smallest absolute Gasteiger partial charge is 0.0532 e. The lowest BCUT2D eigenvalue weighted by atomic mass is 10.2. The Morgan fingerprint density at radius 3 is 2.77 bits per heavy atom. The normalized spacial score (nSPS) is 12.8. The van der Waals surface area contributed by atoms with Crippen molar-refractivity contribution in [2.24, 2.45) is 0 Å². The van der Waals surface area contributed by atoms with Crippen LogP contribution in [0.2, 0.25) is 0 Å². The first-order valence-electron chi connectivity index (χ1n) is 4.40. The molecular weight excluding hydrogens is 182 g/mol. The van der Waals surface area contributed by atoms with Crippen molar-refractivity contribution in [3.05, 3.63) is 23.8 Å². The Morgan fingerprint density at radius 1 is 1.46 bits per heavy atom. The molecule has 2 nitrogen and oxygen atoms in total. The number of hydrogen-bond donors (Lipinski definition) is 1. The number of nitrogens with two attached hydrogens (primary N) is 1. The molecule has 0 bridgehead atoms. The molecule has 0 aliphatic rings.